The Morgan fingerprint density at radius 3 is 2.56 bits per heavy atom. The largest absolute Gasteiger partial charge is 0.352 e. The van der Waals surface area contributed by atoms with Crippen LogP contribution in [-0.4, -0.2) is 23.2 Å². The molecule has 1 aromatic heterocycles. The molecule has 0 unspecified atom stereocenters. The molecular formula is C12H19N3O. The Kier molecular flexibility index (Phi) is 3.86. The average molecular weight is 221 g/mol. The molecule has 0 spiro atoms. The molecule has 1 heterocycles. The van der Waals surface area contributed by atoms with Gasteiger partial charge in [-0.2, -0.15) is 0 Å². The number of amides is 1. The predicted molar refractivity (Wildman–Crippen MR) is 63.7 cm³/mol. The summed E-state index contributed by atoms with van der Waals surface area (Å²) >= 11 is 0. The summed E-state index contributed by atoms with van der Waals surface area (Å²) in [7, 11) is 0. The van der Waals surface area contributed by atoms with Crippen LogP contribution in [-0.2, 0) is 4.79 Å². The van der Waals surface area contributed by atoms with Crippen molar-refractivity contribution in [3.8, 4) is 0 Å². The number of rotatable bonds is 4. The van der Waals surface area contributed by atoms with Crippen LogP contribution in [0.2, 0.25) is 0 Å². The highest BCUT2D eigenvalue weighted by Gasteiger charge is 2.15. The van der Waals surface area contributed by atoms with E-state index in [9.17, 15) is 4.79 Å². The van der Waals surface area contributed by atoms with Gasteiger partial charge in [-0.1, -0.05) is 19.3 Å². The number of aromatic nitrogens is 1. The van der Waals surface area contributed by atoms with Crippen molar-refractivity contribution in [1.82, 2.24) is 9.99 Å². The second-order valence-electron chi connectivity index (χ2n) is 4.33. The quantitative estimate of drug-likeness (QED) is 0.809. The van der Waals surface area contributed by atoms with E-state index in [0.29, 0.717) is 12.6 Å². The maximum absolute atomic E-state index is 11.6. The van der Waals surface area contributed by atoms with Gasteiger partial charge in [0, 0.05) is 18.4 Å². The van der Waals surface area contributed by atoms with Crippen LogP contribution in [0.5, 0.6) is 0 Å². The van der Waals surface area contributed by atoms with Crippen LogP contribution in [0.1, 0.15) is 32.1 Å². The van der Waals surface area contributed by atoms with E-state index in [4.69, 9.17) is 0 Å². The van der Waals surface area contributed by atoms with Crippen molar-refractivity contribution >= 4 is 5.91 Å². The number of carbonyl (C=O) groups excluding carboxylic acids is 1. The monoisotopic (exact) mass is 221 g/mol. The Hall–Kier alpha value is -1.45. The van der Waals surface area contributed by atoms with Crippen molar-refractivity contribution in [3.63, 3.8) is 0 Å². The standard InChI is InChI=1S/C12H19N3O/c16-12(10-13-15-8-4-5-9-15)14-11-6-2-1-3-7-11/h4-5,8-9,11,13H,1-3,6-7,10H2,(H,14,16). The first-order valence-electron chi connectivity index (χ1n) is 6.01. The Labute approximate surface area is 96.0 Å². The number of hydrogen-bond acceptors (Lipinski definition) is 2. The highest BCUT2D eigenvalue weighted by Crippen LogP contribution is 2.16. The van der Waals surface area contributed by atoms with Gasteiger partial charge in [0.15, 0.2) is 0 Å². The van der Waals surface area contributed by atoms with Crippen molar-refractivity contribution in [2.24, 2.45) is 0 Å². The van der Waals surface area contributed by atoms with Crippen molar-refractivity contribution < 1.29 is 4.79 Å². The van der Waals surface area contributed by atoms with Crippen molar-refractivity contribution in [1.29, 1.82) is 0 Å². The Balaban J connectivity index is 1.67. The van der Waals surface area contributed by atoms with Gasteiger partial charge in [0.2, 0.25) is 5.91 Å². The smallest absolute Gasteiger partial charge is 0.241 e. The minimum atomic E-state index is 0.0839. The van der Waals surface area contributed by atoms with E-state index >= 15 is 0 Å². The summed E-state index contributed by atoms with van der Waals surface area (Å²) in [5, 5.41) is 3.07. The first-order valence-corrected chi connectivity index (χ1v) is 6.01. The third-order valence-corrected chi connectivity index (χ3v) is 3.00. The molecule has 0 radical (unpaired) electrons. The SMILES string of the molecule is O=C(CNn1cccc1)NC1CCCCC1. The second-order valence-corrected chi connectivity index (χ2v) is 4.33. The molecule has 1 aliphatic carbocycles. The fourth-order valence-corrected chi connectivity index (χ4v) is 2.13. The zero-order valence-electron chi connectivity index (χ0n) is 9.48. The second kappa shape index (κ2) is 5.58. The summed E-state index contributed by atoms with van der Waals surface area (Å²) in [6.45, 7) is 0.338. The van der Waals surface area contributed by atoms with Gasteiger partial charge in [-0.3, -0.25) is 9.47 Å². The molecule has 4 heteroatoms. The highest BCUT2D eigenvalue weighted by molar-refractivity contribution is 5.79. The summed E-state index contributed by atoms with van der Waals surface area (Å²) in [5.41, 5.74) is 3.02. The first kappa shape index (κ1) is 11.0. The normalized spacial score (nSPS) is 17.0. The summed E-state index contributed by atoms with van der Waals surface area (Å²) in [5.74, 6) is 0.0839. The van der Waals surface area contributed by atoms with Crippen LogP contribution in [0, 0.1) is 0 Å². The van der Waals surface area contributed by atoms with Gasteiger partial charge in [0.1, 0.15) is 6.54 Å². The van der Waals surface area contributed by atoms with Gasteiger partial charge in [0.25, 0.3) is 0 Å². The van der Waals surface area contributed by atoms with Gasteiger partial charge in [-0.15, -0.1) is 0 Å². The molecule has 1 saturated carbocycles. The first-order chi connectivity index (χ1) is 7.84. The summed E-state index contributed by atoms with van der Waals surface area (Å²) in [6.07, 6.45) is 9.84. The zero-order valence-corrected chi connectivity index (χ0v) is 9.48. The Morgan fingerprint density at radius 1 is 1.19 bits per heavy atom. The maximum atomic E-state index is 11.6. The Morgan fingerprint density at radius 2 is 1.88 bits per heavy atom. The molecule has 88 valence electrons. The van der Waals surface area contributed by atoms with Crippen LogP contribution in [0.3, 0.4) is 0 Å². The molecule has 0 saturated heterocycles. The molecule has 1 fully saturated rings. The topological polar surface area (TPSA) is 46.1 Å². The maximum Gasteiger partial charge on any atom is 0.241 e. The van der Waals surface area contributed by atoms with Crippen LogP contribution >= 0.6 is 0 Å². The van der Waals surface area contributed by atoms with E-state index in [1.165, 1.54) is 19.3 Å². The van der Waals surface area contributed by atoms with Gasteiger partial charge in [0.05, 0.1) is 0 Å². The van der Waals surface area contributed by atoms with Crippen LogP contribution in [0.15, 0.2) is 24.5 Å². The van der Waals surface area contributed by atoms with E-state index in [1.807, 2.05) is 24.5 Å². The average Bonchev–Trinajstić information content (AvgIpc) is 2.81. The molecule has 0 aliphatic heterocycles. The van der Waals surface area contributed by atoms with E-state index in [-0.39, 0.29) is 5.91 Å². The molecule has 4 nitrogen and oxygen atoms in total. The van der Waals surface area contributed by atoms with Crippen molar-refractivity contribution in [2.45, 2.75) is 38.1 Å². The molecule has 16 heavy (non-hydrogen) atoms. The lowest BCUT2D eigenvalue weighted by atomic mass is 9.95. The van der Waals surface area contributed by atoms with Crippen LogP contribution in [0.4, 0.5) is 0 Å². The lowest BCUT2D eigenvalue weighted by Crippen LogP contribution is -2.40. The molecular weight excluding hydrogens is 202 g/mol. The van der Waals surface area contributed by atoms with Gasteiger partial charge < -0.3 is 10.7 Å². The number of nitrogens with zero attached hydrogens (tertiary/aromatic N) is 1. The fraction of sp³-hybridized carbons (Fsp3) is 0.583. The molecule has 0 aromatic carbocycles. The fourth-order valence-electron chi connectivity index (χ4n) is 2.13. The van der Waals surface area contributed by atoms with Gasteiger partial charge in [-0.05, 0) is 25.0 Å². The van der Waals surface area contributed by atoms with Crippen LogP contribution < -0.4 is 10.7 Å². The highest BCUT2D eigenvalue weighted by atomic mass is 16.2. The van der Waals surface area contributed by atoms with Crippen molar-refractivity contribution in [2.75, 3.05) is 12.0 Å². The summed E-state index contributed by atoms with van der Waals surface area (Å²) in [4.78, 5) is 11.6. The number of nitrogens with one attached hydrogen (secondary N) is 2. The third kappa shape index (κ3) is 3.29. The lowest BCUT2D eigenvalue weighted by molar-refractivity contribution is -0.120. The van der Waals surface area contributed by atoms with Gasteiger partial charge >= 0.3 is 0 Å². The molecule has 0 bridgehead atoms. The number of carbonyl (C=O) groups is 1. The van der Waals surface area contributed by atoms with Crippen LogP contribution in [0.25, 0.3) is 0 Å². The minimum absolute atomic E-state index is 0.0839. The molecule has 1 aromatic rings. The molecule has 0 atom stereocenters. The van der Waals surface area contributed by atoms with E-state index in [0.717, 1.165) is 12.8 Å². The summed E-state index contributed by atoms with van der Waals surface area (Å²) in [6, 6.07) is 4.24. The summed E-state index contributed by atoms with van der Waals surface area (Å²) < 4.78 is 1.79. The molecule has 2 rings (SSSR count). The Bertz CT molecular complexity index is 315. The van der Waals surface area contributed by atoms with E-state index in [1.54, 1.807) is 4.68 Å². The predicted octanol–water partition coefficient (Wildman–Crippen LogP) is 1.48. The molecule has 1 amide bonds. The van der Waals surface area contributed by atoms with Crippen molar-refractivity contribution in [3.05, 3.63) is 24.5 Å². The van der Waals surface area contributed by atoms with E-state index < -0.39 is 0 Å². The minimum Gasteiger partial charge on any atom is -0.352 e. The van der Waals surface area contributed by atoms with E-state index in [2.05, 4.69) is 10.7 Å². The van der Waals surface area contributed by atoms with Gasteiger partial charge in [-0.25, -0.2) is 0 Å². The zero-order chi connectivity index (χ0) is 11.2. The lowest BCUT2D eigenvalue weighted by Gasteiger charge is -2.22. The third-order valence-electron chi connectivity index (χ3n) is 3.00. The molecule has 1 aliphatic rings. The number of hydrogen-bond donors (Lipinski definition) is 2. The molecule has 2 N–H and O–H groups in total.